The highest BCUT2D eigenvalue weighted by Gasteiger charge is 2.17. The molecular weight excluding hydrogens is 355 g/mol. The van der Waals surface area contributed by atoms with E-state index in [1.54, 1.807) is 12.3 Å². The normalized spacial score (nSPS) is 15.9. The fourth-order valence-electron chi connectivity index (χ4n) is 3.61. The summed E-state index contributed by atoms with van der Waals surface area (Å²) in [7, 11) is 3.83. The molecule has 0 saturated carbocycles. The number of amides is 1. The van der Waals surface area contributed by atoms with Crippen LogP contribution in [0.5, 0.6) is 0 Å². The standard InChI is InChI=1S/C22H29FN4O/c1-26(2)20(17-8-7-9-19(23)14-17)16-25-22(28)18-10-11-21(24-15-18)27-12-5-3-4-6-13-27/h7-11,14-15,20H,3-6,12-13,16H2,1-2H3,(H,25,28)/t20-/m1/s1. The number of nitrogens with zero attached hydrogens (tertiary/aromatic N) is 3. The summed E-state index contributed by atoms with van der Waals surface area (Å²) >= 11 is 0. The van der Waals surface area contributed by atoms with E-state index < -0.39 is 0 Å². The topological polar surface area (TPSA) is 48.5 Å². The first-order valence-electron chi connectivity index (χ1n) is 9.95. The van der Waals surface area contributed by atoms with Gasteiger partial charge in [-0.15, -0.1) is 0 Å². The molecule has 1 aliphatic heterocycles. The third-order valence-electron chi connectivity index (χ3n) is 5.25. The summed E-state index contributed by atoms with van der Waals surface area (Å²) in [4.78, 5) is 21.3. The number of benzene rings is 1. The number of hydrogen-bond donors (Lipinski definition) is 1. The van der Waals surface area contributed by atoms with Crippen molar-refractivity contribution in [3.8, 4) is 0 Å². The zero-order chi connectivity index (χ0) is 19.9. The Morgan fingerprint density at radius 3 is 2.54 bits per heavy atom. The maximum atomic E-state index is 13.6. The molecule has 1 aromatic carbocycles. The van der Waals surface area contributed by atoms with Crippen LogP contribution in [0.25, 0.3) is 0 Å². The molecule has 2 heterocycles. The summed E-state index contributed by atoms with van der Waals surface area (Å²) in [5, 5.41) is 2.95. The molecule has 0 aliphatic carbocycles. The molecule has 28 heavy (non-hydrogen) atoms. The van der Waals surface area contributed by atoms with Crippen molar-refractivity contribution in [3.63, 3.8) is 0 Å². The summed E-state index contributed by atoms with van der Waals surface area (Å²) in [6.07, 6.45) is 6.57. The van der Waals surface area contributed by atoms with Crippen LogP contribution in [0.4, 0.5) is 10.2 Å². The van der Waals surface area contributed by atoms with E-state index in [0.29, 0.717) is 12.1 Å². The van der Waals surface area contributed by atoms with E-state index in [-0.39, 0.29) is 17.8 Å². The molecule has 2 aromatic rings. The van der Waals surface area contributed by atoms with E-state index in [4.69, 9.17) is 0 Å². The second-order valence-electron chi connectivity index (χ2n) is 7.55. The van der Waals surface area contributed by atoms with Gasteiger partial charge in [-0.05, 0) is 56.8 Å². The number of aromatic nitrogens is 1. The summed E-state index contributed by atoms with van der Waals surface area (Å²) in [6, 6.07) is 10.1. The number of pyridine rings is 1. The van der Waals surface area contributed by atoms with E-state index >= 15 is 0 Å². The van der Waals surface area contributed by atoms with Crippen molar-refractivity contribution in [2.75, 3.05) is 38.6 Å². The van der Waals surface area contributed by atoms with Crippen molar-refractivity contribution >= 4 is 11.7 Å². The van der Waals surface area contributed by atoms with Gasteiger partial charge in [0.2, 0.25) is 0 Å². The van der Waals surface area contributed by atoms with Gasteiger partial charge in [-0.1, -0.05) is 25.0 Å². The predicted octanol–water partition coefficient (Wildman–Crippen LogP) is 3.63. The lowest BCUT2D eigenvalue weighted by molar-refractivity contribution is 0.0941. The van der Waals surface area contributed by atoms with Crippen LogP contribution in [0.3, 0.4) is 0 Å². The Hall–Kier alpha value is -2.47. The SMILES string of the molecule is CN(C)[C@H](CNC(=O)c1ccc(N2CCCCCC2)nc1)c1cccc(F)c1. The minimum absolute atomic E-state index is 0.107. The number of carbonyl (C=O) groups is 1. The fourth-order valence-corrected chi connectivity index (χ4v) is 3.61. The van der Waals surface area contributed by atoms with Gasteiger partial charge in [-0.2, -0.15) is 0 Å². The van der Waals surface area contributed by atoms with Gasteiger partial charge in [0.1, 0.15) is 11.6 Å². The Balaban J connectivity index is 1.62. The summed E-state index contributed by atoms with van der Waals surface area (Å²) < 4.78 is 13.6. The molecule has 1 aromatic heterocycles. The maximum Gasteiger partial charge on any atom is 0.252 e. The summed E-state index contributed by atoms with van der Waals surface area (Å²) in [6.45, 7) is 2.44. The predicted molar refractivity (Wildman–Crippen MR) is 110 cm³/mol. The van der Waals surface area contributed by atoms with Crippen molar-refractivity contribution in [3.05, 3.63) is 59.5 Å². The van der Waals surface area contributed by atoms with Crippen LogP contribution in [0.15, 0.2) is 42.6 Å². The first-order chi connectivity index (χ1) is 13.5. The van der Waals surface area contributed by atoms with Crippen LogP contribution in [0.2, 0.25) is 0 Å². The van der Waals surface area contributed by atoms with Gasteiger partial charge in [0.05, 0.1) is 11.6 Å². The van der Waals surface area contributed by atoms with Crippen LogP contribution >= 0.6 is 0 Å². The molecule has 0 bridgehead atoms. The molecule has 3 rings (SSSR count). The Kier molecular flexibility index (Phi) is 6.98. The number of nitrogens with one attached hydrogen (secondary N) is 1. The molecule has 1 atom stereocenters. The average molecular weight is 384 g/mol. The molecule has 1 amide bonds. The molecule has 6 heteroatoms. The van der Waals surface area contributed by atoms with Crippen LogP contribution in [0, 0.1) is 5.82 Å². The third-order valence-corrected chi connectivity index (χ3v) is 5.25. The van der Waals surface area contributed by atoms with Crippen molar-refractivity contribution in [2.45, 2.75) is 31.7 Å². The number of carbonyl (C=O) groups excluding carboxylic acids is 1. The fraction of sp³-hybridized carbons (Fsp3) is 0.455. The third kappa shape index (κ3) is 5.29. The molecule has 0 radical (unpaired) electrons. The molecule has 1 saturated heterocycles. The second-order valence-corrected chi connectivity index (χ2v) is 7.55. The Bertz CT molecular complexity index is 770. The minimum Gasteiger partial charge on any atom is -0.357 e. The molecule has 5 nitrogen and oxygen atoms in total. The average Bonchev–Trinajstić information content (AvgIpc) is 2.97. The molecule has 150 valence electrons. The Labute approximate surface area is 166 Å². The summed E-state index contributed by atoms with van der Waals surface area (Å²) in [5.41, 5.74) is 1.37. The van der Waals surface area contributed by atoms with Crippen molar-refractivity contribution in [1.82, 2.24) is 15.2 Å². The molecule has 1 fully saturated rings. The maximum absolute atomic E-state index is 13.6. The monoisotopic (exact) mass is 384 g/mol. The highest BCUT2D eigenvalue weighted by molar-refractivity contribution is 5.94. The number of hydrogen-bond acceptors (Lipinski definition) is 4. The molecule has 0 unspecified atom stereocenters. The van der Waals surface area contributed by atoms with Gasteiger partial charge in [0.15, 0.2) is 0 Å². The summed E-state index contributed by atoms with van der Waals surface area (Å²) in [5.74, 6) is 0.492. The Morgan fingerprint density at radius 1 is 1.18 bits per heavy atom. The van der Waals surface area contributed by atoms with Crippen LogP contribution in [-0.2, 0) is 0 Å². The number of anilines is 1. The van der Waals surface area contributed by atoms with Crippen molar-refractivity contribution in [1.29, 1.82) is 0 Å². The van der Waals surface area contributed by atoms with Crippen LogP contribution < -0.4 is 10.2 Å². The molecule has 0 spiro atoms. The van der Waals surface area contributed by atoms with Gasteiger partial charge < -0.3 is 15.1 Å². The number of halogens is 1. The van der Waals surface area contributed by atoms with Gasteiger partial charge in [-0.3, -0.25) is 4.79 Å². The lowest BCUT2D eigenvalue weighted by atomic mass is 10.1. The molecule has 1 N–H and O–H groups in total. The first-order valence-corrected chi connectivity index (χ1v) is 9.95. The van der Waals surface area contributed by atoms with Crippen molar-refractivity contribution in [2.24, 2.45) is 0 Å². The number of likely N-dealkylation sites (N-methyl/N-ethyl adjacent to an activating group) is 1. The lowest BCUT2D eigenvalue weighted by Gasteiger charge is -2.25. The van der Waals surface area contributed by atoms with Crippen molar-refractivity contribution < 1.29 is 9.18 Å². The van der Waals surface area contributed by atoms with Gasteiger partial charge in [0, 0.05) is 25.8 Å². The molecule has 1 aliphatic rings. The second kappa shape index (κ2) is 9.64. The van der Waals surface area contributed by atoms with E-state index in [1.807, 2.05) is 37.2 Å². The van der Waals surface area contributed by atoms with Crippen LogP contribution in [0.1, 0.15) is 47.6 Å². The largest absolute Gasteiger partial charge is 0.357 e. The van der Waals surface area contributed by atoms with E-state index in [1.165, 1.54) is 37.8 Å². The lowest BCUT2D eigenvalue weighted by Crippen LogP contribution is -2.34. The van der Waals surface area contributed by atoms with Crippen LogP contribution in [-0.4, -0.2) is 49.5 Å². The van der Waals surface area contributed by atoms with E-state index in [2.05, 4.69) is 15.2 Å². The minimum atomic E-state index is -0.274. The zero-order valence-corrected chi connectivity index (χ0v) is 16.7. The quantitative estimate of drug-likeness (QED) is 0.826. The van der Waals surface area contributed by atoms with E-state index in [9.17, 15) is 9.18 Å². The van der Waals surface area contributed by atoms with Gasteiger partial charge >= 0.3 is 0 Å². The van der Waals surface area contributed by atoms with E-state index in [0.717, 1.165) is 24.5 Å². The first kappa shape index (κ1) is 20.3. The Morgan fingerprint density at radius 2 is 1.93 bits per heavy atom. The highest BCUT2D eigenvalue weighted by atomic mass is 19.1. The smallest absolute Gasteiger partial charge is 0.252 e. The van der Waals surface area contributed by atoms with Gasteiger partial charge in [-0.25, -0.2) is 9.37 Å². The zero-order valence-electron chi connectivity index (χ0n) is 16.7. The van der Waals surface area contributed by atoms with Gasteiger partial charge in [0.25, 0.3) is 5.91 Å². The highest BCUT2D eigenvalue weighted by Crippen LogP contribution is 2.19. The number of rotatable bonds is 6. The molecular formula is C22H29FN4O.